The first kappa shape index (κ1) is 19.8. The standard InChI is InChI=1S/C22H26N4O2S/c1-13(2)19-24-20-18(14(3)15(4)29-20)22(28)26(19)17-7-10-25(11-8-17)21(27)16-6-5-9-23-12-16/h5-6,9,12-13,17H,7-8,10-11H2,1-4H3. The van der Waals surface area contributed by atoms with Gasteiger partial charge in [0, 0.05) is 42.3 Å². The third-order valence-corrected chi connectivity index (χ3v) is 6.91. The largest absolute Gasteiger partial charge is 0.338 e. The maximum absolute atomic E-state index is 13.5. The summed E-state index contributed by atoms with van der Waals surface area (Å²) < 4.78 is 1.91. The molecule has 0 bridgehead atoms. The molecule has 1 amide bonds. The third kappa shape index (κ3) is 3.48. The van der Waals surface area contributed by atoms with Crippen LogP contribution in [0.5, 0.6) is 0 Å². The van der Waals surface area contributed by atoms with Gasteiger partial charge in [0.2, 0.25) is 0 Å². The van der Waals surface area contributed by atoms with Crippen LogP contribution in [0.3, 0.4) is 0 Å². The van der Waals surface area contributed by atoms with Crippen LogP contribution in [0.2, 0.25) is 0 Å². The highest BCUT2D eigenvalue weighted by atomic mass is 32.1. The second-order valence-corrected chi connectivity index (χ2v) is 9.23. The lowest BCUT2D eigenvalue weighted by atomic mass is 10.0. The molecule has 1 saturated heterocycles. The molecule has 0 saturated carbocycles. The van der Waals surface area contributed by atoms with Gasteiger partial charge in [-0.1, -0.05) is 13.8 Å². The second kappa shape index (κ2) is 7.71. The molecule has 3 aromatic rings. The SMILES string of the molecule is Cc1sc2nc(C(C)C)n(C3CCN(C(=O)c4cccnc4)CC3)c(=O)c2c1C. The van der Waals surface area contributed by atoms with Crippen LogP contribution in [0.15, 0.2) is 29.3 Å². The Bertz CT molecular complexity index is 1110. The Balaban J connectivity index is 1.65. The summed E-state index contributed by atoms with van der Waals surface area (Å²) >= 11 is 1.60. The summed E-state index contributed by atoms with van der Waals surface area (Å²) in [6.07, 6.45) is 4.78. The maximum Gasteiger partial charge on any atom is 0.262 e. The first-order valence-electron chi connectivity index (χ1n) is 10.1. The summed E-state index contributed by atoms with van der Waals surface area (Å²) in [5.74, 6) is 1.01. The van der Waals surface area contributed by atoms with Crippen LogP contribution in [-0.4, -0.2) is 38.4 Å². The lowest BCUT2D eigenvalue weighted by Crippen LogP contribution is -2.42. The molecule has 0 aliphatic carbocycles. The van der Waals surface area contributed by atoms with Crippen molar-refractivity contribution in [2.24, 2.45) is 0 Å². The van der Waals surface area contributed by atoms with Crippen molar-refractivity contribution in [1.29, 1.82) is 0 Å². The fraction of sp³-hybridized carbons (Fsp3) is 0.455. The van der Waals surface area contributed by atoms with Gasteiger partial charge in [-0.05, 0) is 44.4 Å². The van der Waals surface area contributed by atoms with Crippen molar-refractivity contribution in [1.82, 2.24) is 19.4 Å². The summed E-state index contributed by atoms with van der Waals surface area (Å²) in [7, 11) is 0. The minimum atomic E-state index is 0.00543. The second-order valence-electron chi connectivity index (χ2n) is 8.03. The van der Waals surface area contributed by atoms with E-state index in [0.29, 0.717) is 18.7 Å². The molecule has 29 heavy (non-hydrogen) atoms. The van der Waals surface area contributed by atoms with Gasteiger partial charge in [-0.15, -0.1) is 11.3 Å². The zero-order chi connectivity index (χ0) is 20.7. The van der Waals surface area contributed by atoms with E-state index in [2.05, 4.69) is 18.8 Å². The molecule has 0 aromatic carbocycles. The number of carbonyl (C=O) groups is 1. The molecule has 6 nitrogen and oxygen atoms in total. The van der Waals surface area contributed by atoms with E-state index in [0.717, 1.165) is 39.3 Å². The maximum atomic E-state index is 13.5. The molecule has 3 aromatic heterocycles. The van der Waals surface area contributed by atoms with E-state index in [4.69, 9.17) is 4.98 Å². The van der Waals surface area contributed by atoms with Crippen molar-refractivity contribution < 1.29 is 4.79 Å². The van der Waals surface area contributed by atoms with Gasteiger partial charge in [-0.3, -0.25) is 19.1 Å². The highest BCUT2D eigenvalue weighted by Crippen LogP contribution is 2.31. The number of thiophene rings is 1. The van der Waals surface area contributed by atoms with Gasteiger partial charge in [0.15, 0.2) is 0 Å². The topological polar surface area (TPSA) is 68.1 Å². The molecule has 1 aliphatic heterocycles. The number of piperidine rings is 1. The van der Waals surface area contributed by atoms with Crippen LogP contribution >= 0.6 is 11.3 Å². The average molecular weight is 411 g/mol. The summed E-state index contributed by atoms with van der Waals surface area (Å²) in [5.41, 5.74) is 1.71. The zero-order valence-corrected chi connectivity index (χ0v) is 18.1. The number of likely N-dealkylation sites (tertiary alicyclic amines) is 1. The molecule has 0 N–H and O–H groups in total. The number of nitrogens with zero attached hydrogens (tertiary/aromatic N) is 4. The molecular formula is C22H26N4O2S. The number of hydrogen-bond acceptors (Lipinski definition) is 5. The molecule has 1 fully saturated rings. The molecule has 0 atom stereocenters. The van der Waals surface area contributed by atoms with Gasteiger partial charge in [-0.2, -0.15) is 0 Å². The summed E-state index contributed by atoms with van der Waals surface area (Å²) in [5, 5.41) is 0.755. The molecule has 7 heteroatoms. The predicted molar refractivity (Wildman–Crippen MR) is 116 cm³/mol. The Kier molecular flexibility index (Phi) is 5.25. The van der Waals surface area contributed by atoms with Gasteiger partial charge < -0.3 is 4.90 Å². The fourth-order valence-corrected chi connectivity index (χ4v) is 5.11. The van der Waals surface area contributed by atoms with E-state index in [-0.39, 0.29) is 23.4 Å². The van der Waals surface area contributed by atoms with E-state index < -0.39 is 0 Å². The molecule has 152 valence electrons. The predicted octanol–water partition coefficient (Wildman–Crippen LogP) is 4.07. The first-order valence-corrected chi connectivity index (χ1v) is 10.9. The van der Waals surface area contributed by atoms with Crippen molar-refractivity contribution >= 4 is 27.5 Å². The Morgan fingerprint density at radius 3 is 2.59 bits per heavy atom. The van der Waals surface area contributed by atoms with E-state index in [1.54, 1.807) is 35.9 Å². The number of rotatable bonds is 3. The van der Waals surface area contributed by atoms with Gasteiger partial charge in [0.1, 0.15) is 10.7 Å². The van der Waals surface area contributed by atoms with Crippen LogP contribution in [0, 0.1) is 13.8 Å². The number of aryl methyl sites for hydroxylation is 2. The Morgan fingerprint density at radius 1 is 1.24 bits per heavy atom. The highest BCUT2D eigenvalue weighted by Gasteiger charge is 2.29. The van der Waals surface area contributed by atoms with Crippen molar-refractivity contribution in [3.05, 3.63) is 56.7 Å². The number of carbonyl (C=O) groups excluding carboxylic acids is 1. The van der Waals surface area contributed by atoms with Crippen LogP contribution in [-0.2, 0) is 0 Å². The van der Waals surface area contributed by atoms with E-state index in [1.807, 2.05) is 23.3 Å². The van der Waals surface area contributed by atoms with Crippen LogP contribution in [0.1, 0.15) is 65.3 Å². The van der Waals surface area contributed by atoms with Crippen molar-refractivity contribution in [3.8, 4) is 0 Å². The number of pyridine rings is 1. The highest BCUT2D eigenvalue weighted by molar-refractivity contribution is 7.18. The van der Waals surface area contributed by atoms with Crippen molar-refractivity contribution in [2.45, 2.75) is 52.5 Å². The minimum absolute atomic E-state index is 0.00543. The monoisotopic (exact) mass is 410 g/mol. The van der Waals surface area contributed by atoms with Gasteiger partial charge in [0.05, 0.1) is 10.9 Å². The lowest BCUT2D eigenvalue weighted by Gasteiger charge is -2.34. The van der Waals surface area contributed by atoms with Crippen molar-refractivity contribution in [2.75, 3.05) is 13.1 Å². The molecule has 1 aliphatic rings. The molecule has 4 heterocycles. The molecule has 0 radical (unpaired) electrons. The average Bonchev–Trinajstić information content (AvgIpc) is 3.02. The van der Waals surface area contributed by atoms with Gasteiger partial charge in [0.25, 0.3) is 11.5 Å². The van der Waals surface area contributed by atoms with Crippen LogP contribution in [0.4, 0.5) is 0 Å². The van der Waals surface area contributed by atoms with E-state index >= 15 is 0 Å². The third-order valence-electron chi connectivity index (χ3n) is 5.80. The molecule has 4 rings (SSSR count). The number of amides is 1. The minimum Gasteiger partial charge on any atom is -0.338 e. The van der Waals surface area contributed by atoms with Crippen LogP contribution in [0.25, 0.3) is 10.2 Å². The molecular weight excluding hydrogens is 384 g/mol. The van der Waals surface area contributed by atoms with Gasteiger partial charge >= 0.3 is 0 Å². The lowest BCUT2D eigenvalue weighted by molar-refractivity contribution is 0.0691. The Morgan fingerprint density at radius 2 is 1.97 bits per heavy atom. The van der Waals surface area contributed by atoms with E-state index in [1.165, 1.54) is 0 Å². The summed E-state index contributed by atoms with van der Waals surface area (Å²) in [4.78, 5) is 39.0. The van der Waals surface area contributed by atoms with Gasteiger partial charge in [-0.25, -0.2) is 4.98 Å². The number of fused-ring (bicyclic) bond motifs is 1. The molecule has 0 unspecified atom stereocenters. The fourth-order valence-electron chi connectivity index (χ4n) is 4.08. The van der Waals surface area contributed by atoms with Crippen molar-refractivity contribution in [3.63, 3.8) is 0 Å². The summed E-state index contributed by atoms with van der Waals surface area (Å²) in [6, 6.07) is 3.64. The van der Waals surface area contributed by atoms with Crippen LogP contribution < -0.4 is 5.56 Å². The Hall–Kier alpha value is -2.54. The number of aromatic nitrogens is 3. The quantitative estimate of drug-likeness (QED) is 0.653. The summed E-state index contributed by atoms with van der Waals surface area (Å²) in [6.45, 7) is 9.47. The first-order chi connectivity index (χ1) is 13.9. The zero-order valence-electron chi connectivity index (χ0n) is 17.3. The smallest absolute Gasteiger partial charge is 0.262 e. The normalized spacial score (nSPS) is 15.4. The van der Waals surface area contributed by atoms with E-state index in [9.17, 15) is 9.59 Å². The molecule has 0 spiro atoms. The Labute approximate surface area is 174 Å². The number of hydrogen-bond donors (Lipinski definition) is 0.